The minimum Gasteiger partial charge on any atom is -0.375 e. The van der Waals surface area contributed by atoms with E-state index in [0.717, 1.165) is 18.8 Å². The van der Waals surface area contributed by atoms with Crippen molar-refractivity contribution in [1.29, 1.82) is 0 Å². The average Bonchev–Trinajstić information content (AvgIpc) is 2.15. The topological polar surface area (TPSA) is 3.24 Å². The number of halogens is 1. The van der Waals surface area contributed by atoms with Gasteiger partial charge < -0.3 is 4.90 Å². The summed E-state index contributed by atoms with van der Waals surface area (Å²) < 4.78 is 0. The van der Waals surface area contributed by atoms with Crippen LogP contribution in [-0.4, -0.2) is 19.5 Å². The highest BCUT2D eigenvalue weighted by molar-refractivity contribution is 6.17. The molecular formula is C10H14ClN. The van der Waals surface area contributed by atoms with E-state index in [0.29, 0.717) is 0 Å². The van der Waals surface area contributed by atoms with Gasteiger partial charge in [0.25, 0.3) is 0 Å². The molecule has 0 aliphatic heterocycles. The molecule has 2 heteroatoms. The van der Waals surface area contributed by atoms with Crippen LogP contribution in [0.2, 0.25) is 0 Å². The molecule has 1 aromatic carbocycles. The van der Waals surface area contributed by atoms with E-state index < -0.39 is 0 Å². The Bertz CT molecular complexity index is 210. The first-order valence-corrected chi connectivity index (χ1v) is 4.70. The Balaban J connectivity index is 2.48. The minimum absolute atomic E-state index is 0.733. The number of benzene rings is 1. The molecule has 0 aliphatic rings. The fourth-order valence-electron chi connectivity index (χ4n) is 1.11. The summed E-state index contributed by atoms with van der Waals surface area (Å²) in [7, 11) is 2.09. The van der Waals surface area contributed by atoms with Crippen molar-refractivity contribution in [3.8, 4) is 0 Å². The molecule has 0 heterocycles. The van der Waals surface area contributed by atoms with E-state index in [4.69, 9.17) is 11.6 Å². The summed E-state index contributed by atoms with van der Waals surface area (Å²) in [6.07, 6.45) is 1.03. The second-order valence-electron chi connectivity index (χ2n) is 2.80. The molecule has 1 rings (SSSR count). The molecule has 0 aromatic heterocycles. The van der Waals surface area contributed by atoms with E-state index in [9.17, 15) is 0 Å². The molecule has 0 fully saturated rings. The van der Waals surface area contributed by atoms with Crippen LogP contribution in [0.25, 0.3) is 0 Å². The van der Waals surface area contributed by atoms with Crippen molar-refractivity contribution in [2.75, 3.05) is 24.4 Å². The van der Waals surface area contributed by atoms with Gasteiger partial charge in [0, 0.05) is 25.2 Å². The van der Waals surface area contributed by atoms with E-state index in [-0.39, 0.29) is 0 Å². The summed E-state index contributed by atoms with van der Waals surface area (Å²) in [6, 6.07) is 10.3. The zero-order valence-corrected chi connectivity index (χ0v) is 8.09. The summed E-state index contributed by atoms with van der Waals surface area (Å²) in [4.78, 5) is 2.21. The van der Waals surface area contributed by atoms with E-state index in [1.54, 1.807) is 0 Å². The summed E-state index contributed by atoms with van der Waals surface area (Å²) in [6.45, 7) is 1.02. The van der Waals surface area contributed by atoms with Crippen LogP contribution in [0.3, 0.4) is 0 Å². The molecule has 0 amide bonds. The summed E-state index contributed by atoms with van der Waals surface area (Å²) in [5, 5.41) is 0. The van der Waals surface area contributed by atoms with Crippen molar-refractivity contribution in [3.05, 3.63) is 30.3 Å². The fourth-order valence-corrected chi connectivity index (χ4v) is 1.23. The van der Waals surface area contributed by atoms with Crippen molar-refractivity contribution in [2.45, 2.75) is 6.42 Å². The van der Waals surface area contributed by atoms with Crippen LogP contribution in [0.1, 0.15) is 6.42 Å². The molecule has 0 unspecified atom stereocenters. The van der Waals surface area contributed by atoms with Crippen LogP contribution in [0.4, 0.5) is 5.69 Å². The number of rotatable bonds is 4. The zero-order valence-electron chi connectivity index (χ0n) is 7.33. The first-order valence-electron chi connectivity index (χ1n) is 4.16. The third-order valence-corrected chi connectivity index (χ3v) is 2.09. The molecule has 0 N–H and O–H groups in total. The van der Waals surface area contributed by atoms with Crippen molar-refractivity contribution in [1.82, 2.24) is 0 Å². The molecule has 1 nitrogen and oxygen atoms in total. The number of anilines is 1. The normalized spacial score (nSPS) is 9.83. The second kappa shape index (κ2) is 5.04. The third-order valence-electron chi connectivity index (χ3n) is 1.82. The van der Waals surface area contributed by atoms with Gasteiger partial charge in [0.15, 0.2) is 0 Å². The van der Waals surface area contributed by atoms with Crippen LogP contribution >= 0.6 is 11.6 Å². The number of hydrogen-bond donors (Lipinski definition) is 0. The van der Waals surface area contributed by atoms with E-state index >= 15 is 0 Å². The van der Waals surface area contributed by atoms with Gasteiger partial charge in [-0.25, -0.2) is 0 Å². The van der Waals surface area contributed by atoms with Gasteiger partial charge in [-0.2, -0.15) is 0 Å². The molecule has 0 saturated heterocycles. The first-order chi connectivity index (χ1) is 5.84. The maximum atomic E-state index is 5.61. The van der Waals surface area contributed by atoms with Gasteiger partial charge >= 0.3 is 0 Å². The zero-order chi connectivity index (χ0) is 8.81. The van der Waals surface area contributed by atoms with Crippen molar-refractivity contribution in [3.63, 3.8) is 0 Å². The average molecular weight is 184 g/mol. The Hall–Kier alpha value is -0.690. The van der Waals surface area contributed by atoms with Gasteiger partial charge in [0.05, 0.1) is 0 Å². The smallest absolute Gasteiger partial charge is 0.0363 e. The predicted molar refractivity (Wildman–Crippen MR) is 55.0 cm³/mol. The van der Waals surface area contributed by atoms with E-state index in [1.165, 1.54) is 5.69 Å². The van der Waals surface area contributed by atoms with Gasteiger partial charge in [-0.1, -0.05) is 18.2 Å². The molecule has 12 heavy (non-hydrogen) atoms. The Kier molecular flexibility index (Phi) is 3.95. The summed E-state index contributed by atoms with van der Waals surface area (Å²) in [5.74, 6) is 0.733. The minimum atomic E-state index is 0.733. The van der Waals surface area contributed by atoms with Gasteiger partial charge in [-0.05, 0) is 18.6 Å². The van der Waals surface area contributed by atoms with Crippen LogP contribution in [-0.2, 0) is 0 Å². The Labute approximate surface area is 79.0 Å². The lowest BCUT2D eigenvalue weighted by Gasteiger charge is -2.18. The molecule has 0 bridgehead atoms. The molecule has 0 aliphatic carbocycles. The molecule has 0 saturated carbocycles. The monoisotopic (exact) mass is 183 g/mol. The predicted octanol–water partition coefficient (Wildman–Crippen LogP) is 2.75. The van der Waals surface area contributed by atoms with Gasteiger partial charge in [-0.15, -0.1) is 11.6 Å². The molecule has 0 atom stereocenters. The van der Waals surface area contributed by atoms with E-state index in [2.05, 4.69) is 24.1 Å². The first kappa shape index (κ1) is 9.40. The lowest BCUT2D eigenvalue weighted by Crippen LogP contribution is -2.18. The van der Waals surface area contributed by atoms with Gasteiger partial charge in [-0.3, -0.25) is 0 Å². The fraction of sp³-hybridized carbons (Fsp3) is 0.400. The Morgan fingerprint density at radius 1 is 1.25 bits per heavy atom. The van der Waals surface area contributed by atoms with Crippen LogP contribution in [0.5, 0.6) is 0 Å². The maximum Gasteiger partial charge on any atom is 0.0363 e. The summed E-state index contributed by atoms with van der Waals surface area (Å²) in [5.41, 5.74) is 1.25. The molecule has 0 spiro atoms. The van der Waals surface area contributed by atoms with Gasteiger partial charge in [0.1, 0.15) is 0 Å². The van der Waals surface area contributed by atoms with Crippen molar-refractivity contribution < 1.29 is 0 Å². The van der Waals surface area contributed by atoms with Crippen LogP contribution in [0.15, 0.2) is 30.3 Å². The van der Waals surface area contributed by atoms with Crippen molar-refractivity contribution >= 4 is 17.3 Å². The molecule has 1 aromatic rings. The summed E-state index contributed by atoms with van der Waals surface area (Å²) >= 11 is 5.61. The quantitative estimate of drug-likeness (QED) is 0.649. The van der Waals surface area contributed by atoms with Crippen molar-refractivity contribution in [2.24, 2.45) is 0 Å². The molecule has 66 valence electrons. The second-order valence-corrected chi connectivity index (χ2v) is 3.18. The lowest BCUT2D eigenvalue weighted by atomic mass is 10.3. The largest absolute Gasteiger partial charge is 0.375 e. The SMILES string of the molecule is CN(CCCCl)c1ccccc1. The Morgan fingerprint density at radius 2 is 1.92 bits per heavy atom. The number of hydrogen-bond acceptors (Lipinski definition) is 1. The highest BCUT2D eigenvalue weighted by atomic mass is 35.5. The number of alkyl halides is 1. The lowest BCUT2D eigenvalue weighted by molar-refractivity contribution is 0.857. The van der Waals surface area contributed by atoms with Crippen LogP contribution in [0, 0.1) is 0 Å². The standard InChI is InChI=1S/C10H14ClN/c1-12(9-5-8-11)10-6-3-2-4-7-10/h2-4,6-7H,5,8-9H2,1H3. The van der Waals surface area contributed by atoms with Gasteiger partial charge in [0.2, 0.25) is 0 Å². The Morgan fingerprint density at radius 3 is 2.50 bits per heavy atom. The highest BCUT2D eigenvalue weighted by Crippen LogP contribution is 2.10. The van der Waals surface area contributed by atoms with E-state index in [1.807, 2.05) is 18.2 Å². The van der Waals surface area contributed by atoms with Crippen LogP contribution < -0.4 is 4.90 Å². The maximum absolute atomic E-state index is 5.61. The highest BCUT2D eigenvalue weighted by Gasteiger charge is 1.97. The third kappa shape index (κ3) is 2.74. The number of para-hydroxylation sites is 1. The molecule has 0 radical (unpaired) electrons. The molecular weight excluding hydrogens is 170 g/mol. The number of nitrogens with zero attached hydrogens (tertiary/aromatic N) is 1.